The number of nitrogens with one attached hydrogen (secondary N) is 1. The Morgan fingerprint density at radius 2 is 2.00 bits per heavy atom. The van der Waals surface area contributed by atoms with Gasteiger partial charge in [0.2, 0.25) is 0 Å². The highest BCUT2D eigenvalue weighted by Gasteiger charge is 2.29. The number of quaternary nitrogens is 1. The van der Waals surface area contributed by atoms with Gasteiger partial charge < -0.3 is 27.4 Å². The van der Waals surface area contributed by atoms with Gasteiger partial charge in [-0.25, -0.2) is 0 Å². The molecule has 4 aromatic rings. The molecule has 1 aliphatic rings. The second kappa shape index (κ2) is 8.17. The molecule has 3 N–H and O–H groups in total. The van der Waals surface area contributed by atoms with Gasteiger partial charge in [0.15, 0.2) is 6.04 Å². The lowest BCUT2D eigenvalue weighted by Crippen LogP contribution is -3.00. The highest BCUT2D eigenvalue weighted by Crippen LogP contribution is 2.32. The number of para-hydroxylation sites is 1. The van der Waals surface area contributed by atoms with E-state index in [1.165, 1.54) is 27.7 Å². The first-order chi connectivity index (χ1) is 14.1. The van der Waals surface area contributed by atoms with Gasteiger partial charge in [-0.15, -0.1) is 0 Å². The van der Waals surface area contributed by atoms with Gasteiger partial charge in [-0.3, -0.25) is 4.68 Å². The summed E-state index contributed by atoms with van der Waals surface area (Å²) in [4.78, 5) is 3.69. The van der Waals surface area contributed by atoms with E-state index in [1.807, 2.05) is 6.92 Å². The SMILES string of the molecule is COc1ccc(C2[NH2+]CCc3c2[nH]c2ccccc32)cc1Cn1nc(C)cc1C.[Cl-]. The molecule has 5 nitrogen and oxygen atoms in total. The highest BCUT2D eigenvalue weighted by atomic mass is 35.5. The third kappa shape index (κ3) is 3.48. The first kappa shape index (κ1) is 20.5. The highest BCUT2D eigenvalue weighted by molar-refractivity contribution is 5.85. The zero-order valence-corrected chi connectivity index (χ0v) is 18.3. The van der Waals surface area contributed by atoms with Crippen LogP contribution in [0.3, 0.4) is 0 Å². The number of hydrogen-bond acceptors (Lipinski definition) is 2. The Balaban J connectivity index is 0.00000218. The molecule has 0 spiro atoms. The molecule has 0 radical (unpaired) electrons. The van der Waals surface area contributed by atoms with Crippen molar-refractivity contribution >= 4 is 10.9 Å². The predicted octanol–water partition coefficient (Wildman–Crippen LogP) is 0.251. The topological polar surface area (TPSA) is 59.4 Å². The fourth-order valence-electron chi connectivity index (χ4n) is 4.68. The number of H-pyrrole nitrogens is 1. The Labute approximate surface area is 182 Å². The number of fused-ring (bicyclic) bond motifs is 3. The van der Waals surface area contributed by atoms with Crippen LogP contribution in [0.1, 0.15) is 39.8 Å². The first-order valence-electron chi connectivity index (χ1n) is 10.2. The van der Waals surface area contributed by atoms with Crippen molar-refractivity contribution in [2.45, 2.75) is 32.9 Å². The molecule has 30 heavy (non-hydrogen) atoms. The Hall–Kier alpha value is -2.76. The fraction of sp³-hybridized carbons (Fsp3) is 0.292. The zero-order valence-electron chi connectivity index (χ0n) is 17.6. The van der Waals surface area contributed by atoms with Gasteiger partial charge in [0.1, 0.15) is 5.75 Å². The van der Waals surface area contributed by atoms with Crippen molar-refractivity contribution in [3.05, 3.63) is 82.3 Å². The van der Waals surface area contributed by atoms with E-state index in [2.05, 4.69) is 75.5 Å². The summed E-state index contributed by atoms with van der Waals surface area (Å²) < 4.78 is 7.72. The molecule has 0 saturated heterocycles. The van der Waals surface area contributed by atoms with Crippen molar-refractivity contribution in [1.29, 1.82) is 0 Å². The van der Waals surface area contributed by atoms with E-state index in [9.17, 15) is 0 Å². The number of methoxy groups -OCH3 is 1. The maximum absolute atomic E-state index is 5.66. The van der Waals surface area contributed by atoms with Crippen molar-refractivity contribution in [3.8, 4) is 5.75 Å². The Morgan fingerprint density at radius 3 is 2.77 bits per heavy atom. The van der Waals surface area contributed by atoms with E-state index >= 15 is 0 Å². The quantitative estimate of drug-likeness (QED) is 0.495. The van der Waals surface area contributed by atoms with Gasteiger partial charge in [-0.05, 0) is 49.7 Å². The molecule has 1 atom stereocenters. The molecule has 1 aliphatic heterocycles. The fourth-order valence-corrected chi connectivity index (χ4v) is 4.68. The van der Waals surface area contributed by atoms with E-state index in [1.54, 1.807) is 7.11 Å². The summed E-state index contributed by atoms with van der Waals surface area (Å²) in [5, 5.41) is 8.43. The van der Waals surface area contributed by atoms with Crippen molar-refractivity contribution in [2.75, 3.05) is 13.7 Å². The van der Waals surface area contributed by atoms with E-state index in [-0.39, 0.29) is 18.4 Å². The standard InChI is InChI=1S/C24H26N4O.ClH/c1-15-12-16(2)28(27-15)14-18-13-17(8-9-22(18)29-3)23-24-20(10-11-25-23)19-6-4-5-7-21(19)26-24;/h4-9,12-13,23,25-26H,10-11,14H2,1-3H3;1H. The lowest BCUT2D eigenvalue weighted by atomic mass is 9.93. The predicted molar refractivity (Wildman–Crippen MR) is 114 cm³/mol. The second-order valence-electron chi connectivity index (χ2n) is 7.97. The third-order valence-corrected chi connectivity index (χ3v) is 6.04. The molecule has 5 rings (SSSR count). The number of nitrogens with zero attached hydrogens (tertiary/aromatic N) is 2. The van der Waals surface area contributed by atoms with Gasteiger partial charge >= 0.3 is 0 Å². The summed E-state index contributed by atoms with van der Waals surface area (Å²) in [6.45, 7) is 5.94. The minimum Gasteiger partial charge on any atom is -1.00 e. The number of ether oxygens (including phenoxy) is 1. The number of halogens is 1. The smallest absolute Gasteiger partial charge is 0.153 e. The summed E-state index contributed by atoms with van der Waals surface area (Å²) >= 11 is 0. The third-order valence-electron chi connectivity index (χ3n) is 6.04. The van der Waals surface area contributed by atoms with Gasteiger partial charge in [0.05, 0.1) is 31.6 Å². The molecule has 6 heteroatoms. The molecule has 0 amide bonds. The van der Waals surface area contributed by atoms with E-state index in [0.717, 1.165) is 35.7 Å². The number of aromatic nitrogens is 3. The van der Waals surface area contributed by atoms with Gasteiger partial charge in [0, 0.05) is 34.1 Å². The summed E-state index contributed by atoms with van der Waals surface area (Å²) in [5.74, 6) is 0.911. The number of hydrogen-bond donors (Lipinski definition) is 2. The Bertz CT molecular complexity index is 1190. The van der Waals surface area contributed by atoms with Crippen LogP contribution in [0, 0.1) is 13.8 Å². The number of aryl methyl sites for hydroxylation is 2. The van der Waals surface area contributed by atoms with Crippen LogP contribution in [0.4, 0.5) is 0 Å². The molecule has 1 unspecified atom stereocenters. The van der Waals surface area contributed by atoms with Gasteiger partial charge in [-0.2, -0.15) is 5.10 Å². The van der Waals surface area contributed by atoms with Crippen LogP contribution in [0.25, 0.3) is 10.9 Å². The number of nitrogens with two attached hydrogens (primary N) is 1. The maximum Gasteiger partial charge on any atom is 0.153 e. The number of aromatic amines is 1. The Kier molecular flexibility index (Phi) is 5.58. The van der Waals surface area contributed by atoms with Crippen LogP contribution in [0.15, 0.2) is 48.5 Å². The lowest BCUT2D eigenvalue weighted by Gasteiger charge is -2.22. The van der Waals surface area contributed by atoms with Crippen LogP contribution in [-0.2, 0) is 13.0 Å². The largest absolute Gasteiger partial charge is 1.00 e. The maximum atomic E-state index is 5.66. The Morgan fingerprint density at radius 1 is 1.17 bits per heavy atom. The molecular formula is C24H27ClN4O. The molecule has 0 aliphatic carbocycles. The van der Waals surface area contributed by atoms with Crippen molar-refractivity contribution in [2.24, 2.45) is 0 Å². The van der Waals surface area contributed by atoms with Crippen LogP contribution in [0.5, 0.6) is 5.75 Å². The minimum atomic E-state index is 0. The molecule has 0 bridgehead atoms. The normalized spacial score (nSPS) is 15.6. The molecule has 156 valence electrons. The van der Waals surface area contributed by atoms with Gasteiger partial charge in [-0.1, -0.05) is 18.2 Å². The van der Waals surface area contributed by atoms with Gasteiger partial charge in [0.25, 0.3) is 0 Å². The summed E-state index contributed by atoms with van der Waals surface area (Å²) in [6, 6.07) is 17.6. The number of benzene rings is 2. The summed E-state index contributed by atoms with van der Waals surface area (Å²) in [5.41, 5.74) is 8.69. The molecule has 0 saturated carbocycles. The average Bonchev–Trinajstić information content (AvgIpc) is 3.26. The minimum absolute atomic E-state index is 0. The molecule has 0 fully saturated rings. The summed E-state index contributed by atoms with van der Waals surface area (Å²) in [6.07, 6.45) is 1.10. The van der Waals surface area contributed by atoms with Crippen molar-refractivity contribution in [1.82, 2.24) is 14.8 Å². The van der Waals surface area contributed by atoms with Crippen LogP contribution < -0.4 is 22.5 Å². The van der Waals surface area contributed by atoms with E-state index in [0.29, 0.717) is 6.54 Å². The molecule has 3 heterocycles. The van der Waals surface area contributed by atoms with Crippen LogP contribution >= 0.6 is 0 Å². The monoisotopic (exact) mass is 422 g/mol. The van der Waals surface area contributed by atoms with Crippen molar-refractivity contribution in [3.63, 3.8) is 0 Å². The molecule has 2 aromatic heterocycles. The molecular weight excluding hydrogens is 396 g/mol. The second-order valence-corrected chi connectivity index (χ2v) is 7.97. The average molecular weight is 423 g/mol. The van der Waals surface area contributed by atoms with Crippen molar-refractivity contribution < 1.29 is 22.5 Å². The first-order valence-corrected chi connectivity index (χ1v) is 10.2. The number of rotatable bonds is 4. The van der Waals surface area contributed by atoms with Crippen LogP contribution in [0.2, 0.25) is 0 Å². The molecule has 2 aromatic carbocycles. The van der Waals surface area contributed by atoms with E-state index < -0.39 is 0 Å². The van der Waals surface area contributed by atoms with Crippen LogP contribution in [-0.4, -0.2) is 28.4 Å². The lowest BCUT2D eigenvalue weighted by molar-refractivity contribution is -0.690. The summed E-state index contributed by atoms with van der Waals surface area (Å²) in [7, 11) is 1.74. The van der Waals surface area contributed by atoms with E-state index in [4.69, 9.17) is 4.74 Å². The zero-order chi connectivity index (χ0) is 20.0.